The smallest absolute Gasteiger partial charge is 0.253 e. The lowest BCUT2D eigenvalue weighted by molar-refractivity contribution is -0.272. The zero-order valence-electron chi connectivity index (χ0n) is 17.7. The SMILES string of the molecule is Cc1cc(SNc2cscn2)c(F)cc1N(C)C1(O)CCN(C(O)(O)c2ccccc2)C1. The van der Waals surface area contributed by atoms with E-state index in [0.717, 1.165) is 17.5 Å². The molecule has 1 saturated heterocycles. The van der Waals surface area contributed by atoms with Crippen molar-refractivity contribution in [3.05, 3.63) is 70.3 Å². The molecule has 1 unspecified atom stereocenters. The fraction of sp³-hybridized carbons (Fsp3) is 0.318. The minimum atomic E-state index is -2.21. The molecule has 1 fully saturated rings. The highest BCUT2D eigenvalue weighted by atomic mass is 32.2. The van der Waals surface area contributed by atoms with E-state index in [1.165, 1.54) is 22.3 Å². The Balaban J connectivity index is 1.51. The van der Waals surface area contributed by atoms with Gasteiger partial charge in [-0.3, -0.25) is 0 Å². The van der Waals surface area contributed by atoms with Gasteiger partial charge in [0, 0.05) is 36.6 Å². The number of hydrogen-bond acceptors (Lipinski definition) is 9. The molecule has 0 amide bonds. The lowest BCUT2D eigenvalue weighted by Crippen LogP contribution is -2.52. The van der Waals surface area contributed by atoms with Crippen LogP contribution in [-0.4, -0.2) is 51.1 Å². The second-order valence-electron chi connectivity index (χ2n) is 7.86. The molecule has 1 atom stereocenters. The van der Waals surface area contributed by atoms with Crippen molar-refractivity contribution in [2.75, 3.05) is 29.8 Å². The number of anilines is 2. The molecule has 1 aromatic heterocycles. The first-order chi connectivity index (χ1) is 15.2. The zero-order chi connectivity index (χ0) is 22.9. The number of thiazole rings is 1. The monoisotopic (exact) mass is 476 g/mol. The largest absolute Gasteiger partial charge is 0.369 e. The van der Waals surface area contributed by atoms with Gasteiger partial charge in [-0.25, -0.2) is 14.3 Å². The van der Waals surface area contributed by atoms with Crippen molar-refractivity contribution in [3.8, 4) is 0 Å². The number of likely N-dealkylation sites (tertiary alicyclic amines) is 1. The molecule has 0 radical (unpaired) electrons. The summed E-state index contributed by atoms with van der Waals surface area (Å²) in [7, 11) is 1.69. The number of aliphatic hydroxyl groups is 3. The van der Waals surface area contributed by atoms with Crippen LogP contribution in [0, 0.1) is 12.7 Å². The van der Waals surface area contributed by atoms with E-state index < -0.39 is 17.5 Å². The van der Waals surface area contributed by atoms with Crippen molar-refractivity contribution in [2.24, 2.45) is 0 Å². The number of nitrogens with one attached hydrogen (secondary N) is 1. The number of benzene rings is 2. The van der Waals surface area contributed by atoms with Gasteiger partial charge in [-0.1, -0.05) is 30.3 Å². The van der Waals surface area contributed by atoms with Gasteiger partial charge in [0.15, 0.2) is 5.72 Å². The number of aryl methyl sites for hydroxylation is 1. The predicted octanol–water partition coefficient (Wildman–Crippen LogP) is 3.34. The third-order valence-corrected chi connectivity index (χ3v) is 7.19. The van der Waals surface area contributed by atoms with Crippen LogP contribution >= 0.6 is 23.3 Å². The number of rotatable bonds is 7. The molecule has 4 N–H and O–H groups in total. The first-order valence-corrected chi connectivity index (χ1v) is 11.8. The summed E-state index contributed by atoms with van der Waals surface area (Å²) in [5.41, 5.74) is 1.94. The van der Waals surface area contributed by atoms with Crippen LogP contribution < -0.4 is 9.62 Å². The van der Waals surface area contributed by atoms with Crippen molar-refractivity contribution < 1.29 is 19.7 Å². The van der Waals surface area contributed by atoms with Crippen LogP contribution in [0.2, 0.25) is 0 Å². The number of nitrogens with zero attached hydrogens (tertiary/aromatic N) is 3. The van der Waals surface area contributed by atoms with Crippen LogP contribution in [0.4, 0.5) is 15.9 Å². The first kappa shape index (κ1) is 23.0. The summed E-state index contributed by atoms with van der Waals surface area (Å²) in [5.74, 6) is -1.98. The third kappa shape index (κ3) is 4.47. The van der Waals surface area contributed by atoms with E-state index in [1.807, 2.05) is 12.3 Å². The van der Waals surface area contributed by atoms with E-state index in [-0.39, 0.29) is 19.5 Å². The highest BCUT2D eigenvalue weighted by Crippen LogP contribution is 2.37. The van der Waals surface area contributed by atoms with Crippen LogP contribution in [0.1, 0.15) is 17.5 Å². The van der Waals surface area contributed by atoms with Crippen molar-refractivity contribution in [3.63, 3.8) is 0 Å². The second-order valence-corrected chi connectivity index (χ2v) is 9.43. The number of halogens is 1. The van der Waals surface area contributed by atoms with E-state index >= 15 is 0 Å². The van der Waals surface area contributed by atoms with Gasteiger partial charge < -0.3 is 24.9 Å². The molecular formula is C22H25FN4O3S2. The van der Waals surface area contributed by atoms with Crippen molar-refractivity contribution in [1.82, 2.24) is 9.88 Å². The molecule has 0 saturated carbocycles. The Morgan fingerprint density at radius 2 is 2.03 bits per heavy atom. The Bertz CT molecular complexity index is 1070. The Labute approximate surface area is 194 Å². The van der Waals surface area contributed by atoms with E-state index in [1.54, 1.807) is 53.9 Å². The van der Waals surface area contributed by atoms with Crippen molar-refractivity contribution in [2.45, 2.75) is 29.9 Å². The molecular weight excluding hydrogens is 451 g/mol. The molecule has 0 spiro atoms. The molecule has 4 rings (SSSR count). The standard InChI is InChI=1S/C22H25FN4O3S2/c1-15-10-19(32-25-20-12-31-14-24-20)17(23)11-18(15)26(2)21(28)8-9-27(13-21)22(29,30)16-6-4-3-5-7-16/h3-7,10-12,14,25,28-30H,8-9,13H2,1-2H3. The average molecular weight is 477 g/mol. The molecule has 170 valence electrons. The van der Waals surface area contributed by atoms with Crippen molar-refractivity contribution >= 4 is 34.8 Å². The molecule has 0 aliphatic carbocycles. The maximum absolute atomic E-state index is 14.8. The summed E-state index contributed by atoms with van der Waals surface area (Å²) in [6.07, 6.45) is 0.266. The number of aromatic nitrogens is 1. The van der Waals surface area contributed by atoms with Crippen LogP contribution in [0.3, 0.4) is 0 Å². The molecule has 32 heavy (non-hydrogen) atoms. The van der Waals surface area contributed by atoms with E-state index in [2.05, 4.69) is 9.71 Å². The number of likely N-dealkylation sites (N-methyl/N-ethyl adjacent to an activating group) is 1. The fourth-order valence-electron chi connectivity index (χ4n) is 3.84. The molecule has 1 aliphatic heterocycles. The van der Waals surface area contributed by atoms with Gasteiger partial charge in [0.05, 0.1) is 17.0 Å². The van der Waals surface area contributed by atoms with E-state index in [0.29, 0.717) is 22.0 Å². The highest BCUT2D eigenvalue weighted by molar-refractivity contribution is 8.00. The average Bonchev–Trinajstić information content (AvgIpc) is 3.45. The summed E-state index contributed by atoms with van der Waals surface area (Å²) in [6, 6.07) is 11.6. The lowest BCUT2D eigenvalue weighted by Gasteiger charge is -2.38. The lowest BCUT2D eigenvalue weighted by atomic mass is 10.1. The van der Waals surface area contributed by atoms with Crippen molar-refractivity contribution in [1.29, 1.82) is 0 Å². The molecule has 10 heteroatoms. The van der Waals surface area contributed by atoms with E-state index in [4.69, 9.17) is 0 Å². The topological polar surface area (TPSA) is 92.1 Å². The Kier molecular flexibility index (Phi) is 6.44. The quantitative estimate of drug-likeness (QED) is 0.305. The molecule has 2 aromatic carbocycles. The summed E-state index contributed by atoms with van der Waals surface area (Å²) >= 11 is 2.58. The van der Waals surface area contributed by atoms with Gasteiger partial charge in [-0.05, 0) is 36.6 Å². The molecule has 2 heterocycles. The van der Waals surface area contributed by atoms with Crippen LogP contribution in [0.5, 0.6) is 0 Å². The van der Waals surface area contributed by atoms with Crippen LogP contribution in [0.25, 0.3) is 0 Å². The van der Waals surface area contributed by atoms with Gasteiger partial charge in [0.25, 0.3) is 5.91 Å². The van der Waals surface area contributed by atoms with Gasteiger partial charge in [0.1, 0.15) is 11.6 Å². The van der Waals surface area contributed by atoms with Gasteiger partial charge >= 0.3 is 0 Å². The molecule has 7 nitrogen and oxygen atoms in total. The highest BCUT2D eigenvalue weighted by Gasteiger charge is 2.47. The van der Waals surface area contributed by atoms with Gasteiger partial charge in [-0.15, -0.1) is 11.3 Å². The summed E-state index contributed by atoms with van der Waals surface area (Å²) < 4.78 is 17.8. The van der Waals surface area contributed by atoms with Gasteiger partial charge in [-0.2, -0.15) is 0 Å². The summed E-state index contributed by atoms with van der Waals surface area (Å²) in [5, 5.41) is 34.6. The molecule has 3 aromatic rings. The minimum Gasteiger partial charge on any atom is -0.369 e. The summed E-state index contributed by atoms with van der Waals surface area (Å²) in [6.45, 7) is 2.09. The minimum absolute atomic E-state index is 0.0195. The Morgan fingerprint density at radius 3 is 2.72 bits per heavy atom. The normalized spacial score (nSPS) is 19.3. The fourth-order valence-corrected chi connectivity index (χ4v) is 5.12. The third-order valence-electron chi connectivity index (χ3n) is 5.76. The maximum Gasteiger partial charge on any atom is 0.253 e. The number of β-amino-alcohol motifs (C(OH)–C–C–N with tert-alkyl or cyclic N) is 1. The Morgan fingerprint density at radius 1 is 1.28 bits per heavy atom. The second kappa shape index (κ2) is 8.97. The first-order valence-electron chi connectivity index (χ1n) is 10.0. The predicted molar refractivity (Wildman–Crippen MR) is 125 cm³/mol. The molecule has 0 bridgehead atoms. The van der Waals surface area contributed by atoms with Gasteiger partial charge in [0.2, 0.25) is 0 Å². The summed E-state index contributed by atoms with van der Waals surface area (Å²) in [4.78, 5) is 7.55. The number of hydrogen-bond donors (Lipinski definition) is 4. The van der Waals surface area contributed by atoms with Crippen LogP contribution in [0.15, 0.2) is 58.3 Å². The van der Waals surface area contributed by atoms with E-state index in [9.17, 15) is 19.7 Å². The Hall–Kier alpha value is -2.21. The molecule has 1 aliphatic rings. The maximum atomic E-state index is 14.8. The zero-order valence-corrected chi connectivity index (χ0v) is 19.3. The van der Waals surface area contributed by atoms with Crippen LogP contribution in [-0.2, 0) is 5.91 Å².